The first-order valence-corrected chi connectivity index (χ1v) is 9.05. The van der Waals surface area contributed by atoms with E-state index >= 15 is 0 Å². The van der Waals surface area contributed by atoms with Crippen molar-refractivity contribution >= 4 is 39.6 Å². The number of ether oxygens (including phenoxy) is 1. The van der Waals surface area contributed by atoms with Gasteiger partial charge in [0.15, 0.2) is 4.34 Å². The Morgan fingerprint density at radius 1 is 1.20 bits per heavy atom. The quantitative estimate of drug-likeness (QED) is 0.370. The van der Waals surface area contributed by atoms with Crippen LogP contribution in [-0.4, -0.2) is 22.2 Å². The fraction of sp³-hybridized carbons (Fsp3) is 0.125. The highest BCUT2D eigenvalue weighted by molar-refractivity contribution is 8.00. The Morgan fingerprint density at radius 3 is 2.68 bits per heavy atom. The van der Waals surface area contributed by atoms with E-state index in [1.165, 1.54) is 35.2 Å². The summed E-state index contributed by atoms with van der Waals surface area (Å²) in [6.07, 6.45) is 0. The maximum absolute atomic E-state index is 10.7. The number of nitrogens with zero attached hydrogens (tertiary/aromatic N) is 3. The Kier molecular flexibility index (Phi) is 5.46. The monoisotopic (exact) mass is 374 g/mol. The first-order chi connectivity index (χ1) is 12.2. The van der Waals surface area contributed by atoms with Crippen molar-refractivity contribution in [2.45, 2.75) is 10.1 Å². The van der Waals surface area contributed by atoms with Crippen LogP contribution in [0.4, 0.5) is 16.5 Å². The van der Waals surface area contributed by atoms with Crippen LogP contribution >= 0.6 is 23.1 Å². The van der Waals surface area contributed by atoms with Crippen LogP contribution in [0, 0.1) is 10.1 Å². The number of methoxy groups -OCH3 is 1. The first-order valence-electron chi connectivity index (χ1n) is 7.25. The normalized spacial score (nSPS) is 10.4. The minimum atomic E-state index is -0.405. The minimum absolute atomic E-state index is 0.0907. The third kappa shape index (κ3) is 4.46. The number of hydrogen-bond donors (Lipinski definition) is 1. The molecule has 25 heavy (non-hydrogen) atoms. The van der Waals surface area contributed by atoms with E-state index in [1.54, 1.807) is 19.2 Å². The largest absolute Gasteiger partial charge is 0.495 e. The number of nitro benzene ring substituents is 1. The van der Waals surface area contributed by atoms with E-state index in [0.717, 1.165) is 21.3 Å². The highest BCUT2D eigenvalue weighted by atomic mass is 32.2. The van der Waals surface area contributed by atoms with Gasteiger partial charge in [-0.1, -0.05) is 47.4 Å². The molecule has 9 heteroatoms. The van der Waals surface area contributed by atoms with Gasteiger partial charge in [0.2, 0.25) is 5.13 Å². The molecule has 0 fully saturated rings. The lowest BCUT2D eigenvalue weighted by Gasteiger charge is -2.07. The average Bonchev–Trinajstić information content (AvgIpc) is 3.08. The van der Waals surface area contributed by atoms with Gasteiger partial charge in [-0.05, 0) is 17.7 Å². The van der Waals surface area contributed by atoms with E-state index in [9.17, 15) is 10.1 Å². The molecule has 0 saturated carbocycles. The van der Waals surface area contributed by atoms with Gasteiger partial charge in [0, 0.05) is 17.9 Å². The molecule has 1 N–H and O–H groups in total. The molecule has 1 aromatic heterocycles. The number of nitrogens with one attached hydrogen (secondary N) is 1. The lowest BCUT2D eigenvalue weighted by Crippen LogP contribution is -1.93. The van der Waals surface area contributed by atoms with Crippen LogP contribution in [0.2, 0.25) is 0 Å². The maximum atomic E-state index is 10.7. The molecule has 128 valence electrons. The van der Waals surface area contributed by atoms with Gasteiger partial charge in [0.1, 0.15) is 5.75 Å². The van der Waals surface area contributed by atoms with Crippen molar-refractivity contribution in [1.82, 2.24) is 10.2 Å². The number of hydrogen-bond acceptors (Lipinski definition) is 8. The van der Waals surface area contributed by atoms with Gasteiger partial charge in [-0.25, -0.2) is 0 Å². The van der Waals surface area contributed by atoms with Gasteiger partial charge in [-0.15, -0.1) is 10.2 Å². The average molecular weight is 374 g/mol. The summed E-state index contributed by atoms with van der Waals surface area (Å²) in [4.78, 5) is 10.3. The van der Waals surface area contributed by atoms with Crippen molar-refractivity contribution in [3.63, 3.8) is 0 Å². The molecule has 0 atom stereocenters. The molecule has 0 bridgehead atoms. The number of nitro groups is 1. The van der Waals surface area contributed by atoms with E-state index in [-0.39, 0.29) is 5.69 Å². The molecule has 0 spiro atoms. The predicted octanol–water partition coefficient (Wildman–Crippen LogP) is 4.49. The summed E-state index contributed by atoms with van der Waals surface area (Å²) in [5.74, 6) is 1.40. The van der Waals surface area contributed by atoms with Gasteiger partial charge in [-0.3, -0.25) is 10.1 Å². The molecule has 3 rings (SSSR count). The molecular weight excluding hydrogens is 360 g/mol. The number of thioether (sulfide) groups is 1. The second kappa shape index (κ2) is 7.95. The Labute approximate surface area is 152 Å². The van der Waals surface area contributed by atoms with Crippen LogP contribution < -0.4 is 10.1 Å². The Hall–Kier alpha value is -2.65. The Balaban J connectivity index is 1.61. The number of aromatic nitrogens is 2. The maximum Gasteiger partial charge on any atom is 0.269 e. The van der Waals surface area contributed by atoms with Crippen LogP contribution in [0.15, 0.2) is 52.9 Å². The Morgan fingerprint density at radius 2 is 1.96 bits per heavy atom. The molecule has 7 nitrogen and oxygen atoms in total. The molecule has 0 amide bonds. The zero-order chi connectivity index (χ0) is 17.6. The highest BCUT2D eigenvalue weighted by Gasteiger charge is 2.09. The summed E-state index contributed by atoms with van der Waals surface area (Å²) in [6.45, 7) is 0. The SMILES string of the molecule is COc1ccccc1Nc1nnc(SCc2ccc([N+](=O)[O-])cc2)s1. The molecule has 2 aromatic carbocycles. The van der Waals surface area contributed by atoms with Gasteiger partial charge in [0.05, 0.1) is 17.7 Å². The number of para-hydroxylation sites is 2. The van der Waals surface area contributed by atoms with Crippen molar-refractivity contribution in [2.75, 3.05) is 12.4 Å². The van der Waals surface area contributed by atoms with Crippen molar-refractivity contribution in [3.8, 4) is 5.75 Å². The topological polar surface area (TPSA) is 90.2 Å². The number of anilines is 2. The summed E-state index contributed by atoms with van der Waals surface area (Å²) in [7, 11) is 1.62. The summed E-state index contributed by atoms with van der Waals surface area (Å²) in [5.41, 5.74) is 1.91. The van der Waals surface area contributed by atoms with Crippen molar-refractivity contribution < 1.29 is 9.66 Å². The zero-order valence-electron chi connectivity index (χ0n) is 13.2. The van der Waals surface area contributed by atoms with Gasteiger partial charge in [-0.2, -0.15) is 0 Å². The Bertz CT molecular complexity index is 868. The fourth-order valence-corrected chi connectivity index (χ4v) is 3.76. The third-order valence-electron chi connectivity index (χ3n) is 3.26. The van der Waals surface area contributed by atoms with Gasteiger partial charge < -0.3 is 10.1 Å². The number of rotatable bonds is 7. The molecule has 0 aliphatic carbocycles. The van der Waals surface area contributed by atoms with Crippen molar-refractivity contribution in [1.29, 1.82) is 0 Å². The van der Waals surface area contributed by atoms with Gasteiger partial charge >= 0.3 is 0 Å². The second-order valence-electron chi connectivity index (χ2n) is 4.91. The zero-order valence-corrected chi connectivity index (χ0v) is 14.8. The summed E-state index contributed by atoms with van der Waals surface area (Å²) in [6, 6.07) is 14.1. The van der Waals surface area contributed by atoms with E-state index < -0.39 is 4.92 Å². The molecule has 0 aliphatic rings. The molecule has 0 saturated heterocycles. The van der Waals surface area contributed by atoms with Crippen LogP contribution in [0.1, 0.15) is 5.56 Å². The molecule has 1 heterocycles. The van der Waals surface area contributed by atoms with Crippen LogP contribution in [0.3, 0.4) is 0 Å². The van der Waals surface area contributed by atoms with E-state index in [2.05, 4.69) is 15.5 Å². The van der Waals surface area contributed by atoms with Crippen LogP contribution in [-0.2, 0) is 5.75 Å². The summed E-state index contributed by atoms with van der Waals surface area (Å²) >= 11 is 2.97. The van der Waals surface area contributed by atoms with Crippen molar-refractivity contribution in [2.24, 2.45) is 0 Å². The number of benzene rings is 2. The van der Waals surface area contributed by atoms with E-state index in [1.807, 2.05) is 24.3 Å². The lowest BCUT2D eigenvalue weighted by molar-refractivity contribution is -0.384. The summed E-state index contributed by atoms with van der Waals surface area (Å²) in [5, 5.41) is 22.8. The lowest BCUT2D eigenvalue weighted by atomic mass is 10.2. The van der Waals surface area contributed by atoms with Crippen LogP contribution in [0.25, 0.3) is 0 Å². The molecule has 0 unspecified atom stereocenters. The standard InChI is InChI=1S/C16H14N4O3S2/c1-23-14-5-3-2-4-13(14)17-15-18-19-16(25-15)24-10-11-6-8-12(9-7-11)20(21)22/h2-9H,10H2,1H3,(H,17,18). The highest BCUT2D eigenvalue weighted by Crippen LogP contribution is 2.32. The fourth-order valence-electron chi connectivity index (χ4n) is 2.04. The molecular formula is C16H14N4O3S2. The second-order valence-corrected chi connectivity index (χ2v) is 7.11. The third-order valence-corrected chi connectivity index (χ3v) is 5.31. The van der Waals surface area contributed by atoms with E-state index in [0.29, 0.717) is 10.9 Å². The smallest absolute Gasteiger partial charge is 0.269 e. The first kappa shape index (κ1) is 17.2. The molecule has 0 aliphatic heterocycles. The predicted molar refractivity (Wildman–Crippen MR) is 98.8 cm³/mol. The van der Waals surface area contributed by atoms with Crippen molar-refractivity contribution in [3.05, 3.63) is 64.2 Å². The van der Waals surface area contributed by atoms with Gasteiger partial charge in [0.25, 0.3) is 5.69 Å². The number of non-ortho nitro benzene ring substituents is 1. The van der Waals surface area contributed by atoms with E-state index in [4.69, 9.17) is 4.74 Å². The minimum Gasteiger partial charge on any atom is -0.495 e. The summed E-state index contributed by atoms with van der Waals surface area (Å²) < 4.78 is 6.11. The molecule has 0 radical (unpaired) electrons. The molecule has 3 aromatic rings. The van der Waals surface area contributed by atoms with Crippen LogP contribution in [0.5, 0.6) is 5.75 Å².